The lowest BCUT2D eigenvalue weighted by molar-refractivity contribution is -0.148. The van der Waals surface area contributed by atoms with Gasteiger partial charge in [0.15, 0.2) is 0 Å². The van der Waals surface area contributed by atoms with Crippen LogP contribution < -0.4 is 0 Å². The Balaban J connectivity index is 2.81. The SMILES string of the molecule is COC(=O)[C@@H]1CCC(=S)N1C(C)=O. The fourth-order valence-electron chi connectivity index (χ4n) is 1.44. The second-order valence-electron chi connectivity index (χ2n) is 2.86. The molecule has 1 heterocycles. The first kappa shape index (κ1) is 10.1. The summed E-state index contributed by atoms with van der Waals surface area (Å²) in [5, 5.41) is 0. The van der Waals surface area contributed by atoms with Gasteiger partial charge in [0.1, 0.15) is 6.04 Å². The molecule has 1 aliphatic heterocycles. The highest BCUT2D eigenvalue weighted by Gasteiger charge is 2.36. The number of esters is 1. The summed E-state index contributed by atoms with van der Waals surface area (Å²) >= 11 is 4.96. The highest BCUT2D eigenvalue weighted by molar-refractivity contribution is 7.80. The third-order valence-electron chi connectivity index (χ3n) is 2.02. The minimum Gasteiger partial charge on any atom is -0.467 e. The number of hydrogen-bond donors (Lipinski definition) is 0. The third-order valence-corrected chi connectivity index (χ3v) is 2.43. The minimum atomic E-state index is -0.505. The van der Waals surface area contributed by atoms with Crippen molar-refractivity contribution in [1.29, 1.82) is 0 Å². The molecule has 0 aromatic heterocycles. The Hall–Kier alpha value is -0.970. The summed E-state index contributed by atoms with van der Waals surface area (Å²) in [4.78, 5) is 24.2. The Kier molecular flexibility index (Phi) is 2.98. The zero-order chi connectivity index (χ0) is 10.0. The van der Waals surface area contributed by atoms with E-state index in [1.54, 1.807) is 0 Å². The van der Waals surface area contributed by atoms with E-state index >= 15 is 0 Å². The molecule has 0 radical (unpaired) electrons. The zero-order valence-electron chi connectivity index (χ0n) is 7.57. The summed E-state index contributed by atoms with van der Waals surface area (Å²) in [6.07, 6.45) is 1.18. The van der Waals surface area contributed by atoms with Crippen molar-refractivity contribution < 1.29 is 14.3 Å². The molecule has 5 heteroatoms. The minimum absolute atomic E-state index is 0.196. The van der Waals surface area contributed by atoms with Crippen molar-refractivity contribution in [2.45, 2.75) is 25.8 Å². The maximum absolute atomic E-state index is 11.2. The van der Waals surface area contributed by atoms with Crippen LogP contribution in [-0.4, -0.2) is 34.9 Å². The van der Waals surface area contributed by atoms with Gasteiger partial charge in [-0.1, -0.05) is 12.2 Å². The smallest absolute Gasteiger partial charge is 0.328 e. The lowest BCUT2D eigenvalue weighted by atomic mass is 10.2. The van der Waals surface area contributed by atoms with Crippen LogP contribution in [0.4, 0.5) is 0 Å². The van der Waals surface area contributed by atoms with E-state index < -0.39 is 12.0 Å². The molecule has 1 atom stereocenters. The average molecular weight is 201 g/mol. The topological polar surface area (TPSA) is 46.6 Å². The van der Waals surface area contributed by atoms with Crippen LogP contribution in [0.5, 0.6) is 0 Å². The highest BCUT2D eigenvalue weighted by atomic mass is 32.1. The van der Waals surface area contributed by atoms with Gasteiger partial charge in [-0.25, -0.2) is 4.79 Å². The highest BCUT2D eigenvalue weighted by Crippen LogP contribution is 2.20. The van der Waals surface area contributed by atoms with E-state index in [1.165, 1.54) is 18.9 Å². The van der Waals surface area contributed by atoms with Gasteiger partial charge >= 0.3 is 5.97 Å². The van der Waals surface area contributed by atoms with Crippen molar-refractivity contribution in [3.8, 4) is 0 Å². The van der Waals surface area contributed by atoms with Gasteiger partial charge in [0, 0.05) is 13.3 Å². The van der Waals surface area contributed by atoms with Crippen molar-refractivity contribution in [3.63, 3.8) is 0 Å². The normalized spacial score (nSPS) is 21.8. The van der Waals surface area contributed by atoms with Gasteiger partial charge in [0.2, 0.25) is 5.91 Å². The molecule has 72 valence electrons. The molecule has 0 aliphatic carbocycles. The molecule has 0 aromatic rings. The first-order valence-corrected chi connectivity index (χ1v) is 4.39. The second-order valence-corrected chi connectivity index (χ2v) is 3.33. The van der Waals surface area contributed by atoms with Crippen LogP contribution in [0.1, 0.15) is 19.8 Å². The van der Waals surface area contributed by atoms with Crippen LogP contribution in [0.25, 0.3) is 0 Å². The molecular formula is C8H11NO3S. The lowest BCUT2D eigenvalue weighted by Gasteiger charge is -2.20. The molecule has 0 bridgehead atoms. The first-order chi connectivity index (χ1) is 6.07. The molecule has 1 fully saturated rings. The molecule has 0 saturated carbocycles. The molecule has 4 nitrogen and oxygen atoms in total. The van der Waals surface area contributed by atoms with Gasteiger partial charge in [-0.3, -0.25) is 9.69 Å². The van der Waals surface area contributed by atoms with Crippen molar-refractivity contribution in [3.05, 3.63) is 0 Å². The quantitative estimate of drug-likeness (QED) is 0.458. The van der Waals surface area contributed by atoms with Crippen LogP contribution in [0.2, 0.25) is 0 Å². The summed E-state index contributed by atoms with van der Waals surface area (Å²) < 4.78 is 4.57. The predicted molar refractivity (Wildman–Crippen MR) is 50.2 cm³/mol. The van der Waals surface area contributed by atoms with E-state index in [-0.39, 0.29) is 5.91 Å². The number of nitrogens with zero attached hydrogens (tertiary/aromatic N) is 1. The molecular weight excluding hydrogens is 190 g/mol. The predicted octanol–water partition coefficient (Wildman–Crippen LogP) is 0.498. The maximum Gasteiger partial charge on any atom is 0.328 e. The number of rotatable bonds is 1. The van der Waals surface area contributed by atoms with Crippen LogP contribution in [0, 0.1) is 0 Å². The fourth-order valence-corrected chi connectivity index (χ4v) is 1.81. The van der Waals surface area contributed by atoms with Crippen LogP contribution in [0.15, 0.2) is 0 Å². The Morgan fingerprint density at radius 3 is 2.69 bits per heavy atom. The average Bonchev–Trinajstić information content (AvgIpc) is 2.45. The van der Waals surface area contributed by atoms with Crippen molar-refractivity contribution >= 4 is 29.1 Å². The molecule has 1 saturated heterocycles. The van der Waals surface area contributed by atoms with Gasteiger partial charge in [-0.2, -0.15) is 0 Å². The maximum atomic E-state index is 11.2. The number of likely N-dealkylation sites (tertiary alicyclic amines) is 1. The third kappa shape index (κ3) is 1.85. The number of thiocarbonyl (C=S) groups is 1. The van der Waals surface area contributed by atoms with Crippen molar-refractivity contribution in [1.82, 2.24) is 4.90 Å². The Morgan fingerprint density at radius 1 is 1.62 bits per heavy atom. The molecule has 0 N–H and O–H groups in total. The van der Waals surface area contributed by atoms with Crippen molar-refractivity contribution in [2.24, 2.45) is 0 Å². The number of hydrogen-bond acceptors (Lipinski definition) is 4. The molecule has 1 amide bonds. The summed E-state index contributed by atoms with van der Waals surface area (Å²) in [6.45, 7) is 1.40. The summed E-state index contributed by atoms with van der Waals surface area (Å²) in [6, 6.07) is -0.505. The van der Waals surface area contributed by atoms with E-state index in [9.17, 15) is 9.59 Å². The van der Waals surface area contributed by atoms with E-state index in [0.29, 0.717) is 17.8 Å². The van der Waals surface area contributed by atoms with Crippen LogP contribution in [0.3, 0.4) is 0 Å². The van der Waals surface area contributed by atoms with Crippen LogP contribution in [-0.2, 0) is 14.3 Å². The zero-order valence-corrected chi connectivity index (χ0v) is 8.39. The Bertz CT molecular complexity index is 264. The number of carbonyl (C=O) groups excluding carboxylic acids is 2. The van der Waals surface area contributed by atoms with E-state index in [1.807, 2.05) is 0 Å². The van der Waals surface area contributed by atoms with Crippen molar-refractivity contribution in [2.75, 3.05) is 7.11 Å². The molecule has 13 heavy (non-hydrogen) atoms. The van der Waals surface area contributed by atoms with Gasteiger partial charge in [0.05, 0.1) is 12.1 Å². The molecule has 1 rings (SSSR count). The van der Waals surface area contributed by atoms with Gasteiger partial charge in [0.25, 0.3) is 0 Å². The van der Waals surface area contributed by atoms with Gasteiger partial charge in [-0.05, 0) is 6.42 Å². The first-order valence-electron chi connectivity index (χ1n) is 3.98. The fraction of sp³-hybridized carbons (Fsp3) is 0.625. The molecule has 0 unspecified atom stereocenters. The summed E-state index contributed by atoms with van der Waals surface area (Å²) in [5.41, 5.74) is 0. The standard InChI is InChI=1S/C8H11NO3S/c1-5(10)9-6(8(11)12-2)3-4-7(9)13/h6H,3-4H2,1-2H3/t6-/m0/s1. The van der Waals surface area contributed by atoms with E-state index in [4.69, 9.17) is 12.2 Å². The number of carbonyl (C=O) groups is 2. The summed E-state index contributed by atoms with van der Waals surface area (Å²) in [5.74, 6) is -0.590. The van der Waals surface area contributed by atoms with Gasteiger partial charge in [-0.15, -0.1) is 0 Å². The lowest BCUT2D eigenvalue weighted by Crippen LogP contribution is -2.41. The number of methoxy groups -OCH3 is 1. The molecule has 0 spiro atoms. The molecule has 1 aliphatic rings. The van der Waals surface area contributed by atoms with E-state index in [2.05, 4.69) is 4.74 Å². The Labute approximate surface area is 81.8 Å². The monoisotopic (exact) mass is 201 g/mol. The molecule has 0 aromatic carbocycles. The Morgan fingerprint density at radius 2 is 2.23 bits per heavy atom. The summed E-state index contributed by atoms with van der Waals surface area (Å²) in [7, 11) is 1.31. The number of ether oxygens (including phenoxy) is 1. The second kappa shape index (κ2) is 3.83. The number of amides is 1. The largest absolute Gasteiger partial charge is 0.467 e. The van der Waals surface area contributed by atoms with E-state index in [0.717, 1.165) is 0 Å². The van der Waals surface area contributed by atoms with Gasteiger partial charge < -0.3 is 4.74 Å². The van der Waals surface area contributed by atoms with Crippen LogP contribution >= 0.6 is 12.2 Å².